The molecule has 2 fully saturated rings. The molecule has 2 aliphatic heterocycles. The molecular formula is C23H40O5. The van der Waals surface area contributed by atoms with E-state index in [0.29, 0.717) is 31.5 Å². The van der Waals surface area contributed by atoms with Gasteiger partial charge in [-0.2, -0.15) is 0 Å². The van der Waals surface area contributed by atoms with Crippen molar-refractivity contribution in [2.45, 2.75) is 96.9 Å². The average Bonchev–Trinajstić information content (AvgIpc) is 3.25. The van der Waals surface area contributed by atoms with E-state index in [4.69, 9.17) is 14.6 Å². The van der Waals surface area contributed by atoms with Crippen LogP contribution in [0.4, 0.5) is 0 Å². The Morgan fingerprint density at radius 3 is 2.68 bits per heavy atom. The van der Waals surface area contributed by atoms with Crippen LogP contribution in [0.15, 0.2) is 12.2 Å². The van der Waals surface area contributed by atoms with Crippen molar-refractivity contribution in [3.8, 4) is 0 Å². The second kappa shape index (κ2) is 11.3. The van der Waals surface area contributed by atoms with Gasteiger partial charge in [-0.25, -0.2) is 0 Å². The van der Waals surface area contributed by atoms with Crippen LogP contribution >= 0.6 is 0 Å². The normalized spacial score (nSPS) is 28.3. The monoisotopic (exact) mass is 396 g/mol. The van der Waals surface area contributed by atoms with E-state index in [2.05, 4.69) is 26.8 Å². The quantitative estimate of drug-likeness (QED) is 0.332. The molecular weight excluding hydrogens is 356 g/mol. The summed E-state index contributed by atoms with van der Waals surface area (Å²) in [7, 11) is 0. The SMILES string of the molecule is CCCCC(C)(C)C(O)C=C[C@H]1[C@@H](COCCCCCC(=O)O)[C@H]2CC[C@@H]1O2. The molecule has 5 heteroatoms. The minimum absolute atomic E-state index is 0.104. The summed E-state index contributed by atoms with van der Waals surface area (Å²) >= 11 is 0. The van der Waals surface area contributed by atoms with E-state index < -0.39 is 12.1 Å². The third-order valence-corrected chi connectivity index (χ3v) is 6.47. The summed E-state index contributed by atoms with van der Waals surface area (Å²) in [5.41, 5.74) is -0.104. The highest BCUT2D eigenvalue weighted by Gasteiger charge is 2.47. The topological polar surface area (TPSA) is 76.0 Å². The molecule has 1 unspecified atom stereocenters. The minimum Gasteiger partial charge on any atom is -0.481 e. The van der Waals surface area contributed by atoms with Gasteiger partial charge in [0.2, 0.25) is 0 Å². The first kappa shape index (κ1) is 23.4. The van der Waals surface area contributed by atoms with Crippen molar-refractivity contribution >= 4 is 5.97 Å². The maximum absolute atomic E-state index is 10.7. The van der Waals surface area contributed by atoms with Crippen molar-refractivity contribution < 1.29 is 24.5 Å². The summed E-state index contributed by atoms with van der Waals surface area (Å²) < 4.78 is 12.0. The molecule has 2 N–H and O–H groups in total. The molecule has 5 atom stereocenters. The van der Waals surface area contributed by atoms with Gasteiger partial charge >= 0.3 is 5.97 Å². The van der Waals surface area contributed by atoms with E-state index in [1.807, 2.05) is 6.08 Å². The molecule has 2 heterocycles. The van der Waals surface area contributed by atoms with Gasteiger partial charge < -0.3 is 19.7 Å². The van der Waals surface area contributed by atoms with Gasteiger partial charge in [0.1, 0.15) is 0 Å². The van der Waals surface area contributed by atoms with E-state index in [9.17, 15) is 9.90 Å². The predicted octanol–water partition coefficient (Wildman–Crippen LogP) is 4.58. The summed E-state index contributed by atoms with van der Waals surface area (Å²) in [6.45, 7) is 7.82. The number of carboxylic acids is 1. The van der Waals surface area contributed by atoms with Crippen LogP contribution in [0.5, 0.6) is 0 Å². The van der Waals surface area contributed by atoms with Crippen LogP contribution in [0.2, 0.25) is 0 Å². The molecule has 0 aromatic heterocycles. The molecule has 2 aliphatic rings. The average molecular weight is 397 g/mol. The van der Waals surface area contributed by atoms with Gasteiger partial charge in [0.05, 0.1) is 24.9 Å². The Hall–Kier alpha value is -0.910. The Morgan fingerprint density at radius 1 is 1.21 bits per heavy atom. The van der Waals surface area contributed by atoms with Crippen molar-refractivity contribution in [2.75, 3.05) is 13.2 Å². The molecule has 2 bridgehead atoms. The standard InChI is InChI=1S/C23H40O5/c1-4-5-14-23(2,3)21(24)13-10-17-18(20-12-11-19(17)28-20)16-27-15-8-6-7-9-22(25)26/h10,13,17-21,24H,4-9,11-12,14-16H2,1-3H3,(H,25,26)/t17-,18+,19-,20+,21?/m0/s1. The maximum Gasteiger partial charge on any atom is 0.303 e. The highest BCUT2D eigenvalue weighted by molar-refractivity contribution is 5.66. The lowest BCUT2D eigenvalue weighted by Gasteiger charge is -2.30. The molecule has 0 spiro atoms. The molecule has 5 nitrogen and oxygen atoms in total. The number of fused-ring (bicyclic) bond motifs is 2. The van der Waals surface area contributed by atoms with Crippen LogP contribution in [0.3, 0.4) is 0 Å². The molecule has 0 aromatic carbocycles. The number of hydrogen-bond acceptors (Lipinski definition) is 4. The minimum atomic E-state index is -0.727. The highest BCUT2D eigenvalue weighted by atomic mass is 16.5. The molecule has 28 heavy (non-hydrogen) atoms. The van der Waals surface area contributed by atoms with Crippen LogP contribution in [0.1, 0.15) is 78.6 Å². The van der Waals surface area contributed by atoms with Gasteiger partial charge in [-0.1, -0.05) is 52.2 Å². The fourth-order valence-corrected chi connectivity index (χ4v) is 4.45. The van der Waals surface area contributed by atoms with Crippen molar-refractivity contribution in [3.05, 3.63) is 12.2 Å². The van der Waals surface area contributed by atoms with Gasteiger partial charge in [-0.3, -0.25) is 4.79 Å². The van der Waals surface area contributed by atoms with Crippen LogP contribution in [-0.4, -0.2) is 47.7 Å². The summed E-state index contributed by atoms with van der Waals surface area (Å²) in [6.07, 6.45) is 12.5. The van der Waals surface area contributed by atoms with Crippen LogP contribution in [0.25, 0.3) is 0 Å². The Labute approximate surface area is 170 Å². The number of aliphatic hydroxyl groups is 1. The van der Waals surface area contributed by atoms with E-state index in [1.54, 1.807) is 0 Å². The lowest BCUT2D eigenvalue weighted by molar-refractivity contribution is -0.137. The van der Waals surface area contributed by atoms with Gasteiger partial charge in [0, 0.05) is 24.9 Å². The molecule has 0 aliphatic carbocycles. The Kier molecular flexibility index (Phi) is 9.45. The number of ether oxygens (including phenoxy) is 2. The van der Waals surface area contributed by atoms with Crippen LogP contribution in [-0.2, 0) is 14.3 Å². The fourth-order valence-electron chi connectivity index (χ4n) is 4.45. The van der Waals surface area contributed by atoms with Crippen molar-refractivity contribution in [2.24, 2.45) is 17.3 Å². The van der Waals surface area contributed by atoms with Gasteiger partial charge in [0.15, 0.2) is 0 Å². The maximum atomic E-state index is 10.7. The molecule has 162 valence electrons. The zero-order valence-electron chi connectivity index (χ0n) is 17.9. The van der Waals surface area contributed by atoms with E-state index in [0.717, 1.165) is 44.9 Å². The van der Waals surface area contributed by atoms with Crippen molar-refractivity contribution in [3.63, 3.8) is 0 Å². The lowest BCUT2D eigenvalue weighted by atomic mass is 9.77. The molecule has 0 amide bonds. The largest absolute Gasteiger partial charge is 0.481 e. The highest BCUT2D eigenvalue weighted by Crippen LogP contribution is 2.44. The Balaban J connectivity index is 1.78. The molecule has 2 saturated heterocycles. The first-order chi connectivity index (χ1) is 13.3. The summed E-state index contributed by atoms with van der Waals surface area (Å²) in [5.74, 6) is -0.0444. The predicted molar refractivity (Wildman–Crippen MR) is 110 cm³/mol. The Bertz CT molecular complexity index is 501. The number of carbonyl (C=O) groups is 1. The van der Waals surface area contributed by atoms with Crippen molar-refractivity contribution in [1.29, 1.82) is 0 Å². The van der Waals surface area contributed by atoms with Crippen molar-refractivity contribution in [1.82, 2.24) is 0 Å². The number of unbranched alkanes of at least 4 members (excludes halogenated alkanes) is 3. The third kappa shape index (κ3) is 6.85. The van der Waals surface area contributed by atoms with Crippen LogP contribution in [0, 0.1) is 17.3 Å². The lowest BCUT2D eigenvalue weighted by Crippen LogP contribution is -2.31. The molecule has 0 aromatic rings. The second-order valence-corrected chi connectivity index (χ2v) is 9.23. The second-order valence-electron chi connectivity index (χ2n) is 9.23. The summed E-state index contributed by atoms with van der Waals surface area (Å²) in [6, 6.07) is 0. The number of aliphatic carboxylic acids is 1. The summed E-state index contributed by atoms with van der Waals surface area (Å²) in [4.78, 5) is 10.5. The van der Waals surface area contributed by atoms with Gasteiger partial charge in [-0.05, 0) is 37.5 Å². The smallest absolute Gasteiger partial charge is 0.303 e. The van der Waals surface area contributed by atoms with Crippen LogP contribution < -0.4 is 0 Å². The molecule has 2 rings (SSSR count). The summed E-state index contributed by atoms with van der Waals surface area (Å²) in [5, 5.41) is 19.3. The van der Waals surface area contributed by atoms with E-state index in [1.165, 1.54) is 0 Å². The zero-order valence-corrected chi connectivity index (χ0v) is 17.9. The fraction of sp³-hybridized carbons (Fsp3) is 0.870. The first-order valence-electron chi connectivity index (χ1n) is 11.2. The van der Waals surface area contributed by atoms with Gasteiger partial charge in [0.25, 0.3) is 0 Å². The molecule has 0 radical (unpaired) electrons. The number of hydrogen-bond donors (Lipinski definition) is 2. The van der Waals surface area contributed by atoms with Gasteiger partial charge in [-0.15, -0.1) is 0 Å². The van der Waals surface area contributed by atoms with E-state index >= 15 is 0 Å². The Morgan fingerprint density at radius 2 is 1.96 bits per heavy atom. The van der Waals surface area contributed by atoms with E-state index in [-0.39, 0.29) is 24.0 Å². The number of rotatable bonds is 14. The number of carboxylic acid groups (broad SMARTS) is 1. The molecule has 0 saturated carbocycles. The first-order valence-corrected chi connectivity index (χ1v) is 11.2. The number of aliphatic hydroxyl groups excluding tert-OH is 1. The zero-order chi connectivity index (χ0) is 20.6. The third-order valence-electron chi connectivity index (χ3n) is 6.47.